The highest BCUT2D eigenvalue weighted by Gasteiger charge is 2.15. The summed E-state index contributed by atoms with van der Waals surface area (Å²) in [7, 11) is -3.69. The van der Waals surface area contributed by atoms with Gasteiger partial charge in [0.05, 0.1) is 10.9 Å². The van der Waals surface area contributed by atoms with Crippen LogP contribution in [0.3, 0.4) is 0 Å². The number of carbonyl (C=O) groups is 1. The van der Waals surface area contributed by atoms with Crippen LogP contribution in [0, 0.1) is 0 Å². The number of nitrogens with one attached hydrogen (secondary N) is 2. The number of carbonyl (C=O) groups excluding carboxylic acids is 1. The number of sulfonamides is 1. The molecule has 0 saturated carbocycles. The Labute approximate surface area is 161 Å². The lowest BCUT2D eigenvalue weighted by atomic mass is 10.1. The van der Waals surface area contributed by atoms with E-state index in [4.69, 9.17) is 11.6 Å². The summed E-state index contributed by atoms with van der Waals surface area (Å²) in [5, 5.41) is 3.18. The fraction of sp³-hybridized carbons (Fsp3) is 0.235. The van der Waals surface area contributed by atoms with Crippen molar-refractivity contribution in [3.8, 4) is 0 Å². The van der Waals surface area contributed by atoms with Crippen LogP contribution in [0.15, 0.2) is 57.9 Å². The van der Waals surface area contributed by atoms with Gasteiger partial charge in [0.25, 0.3) is 0 Å². The Morgan fingerprint density at radius 2 is 1.92 bits per heavy atom. The molecule has 1 unspecified atom stereocenters. The lowest BCUT2D eigenvalue weighted by molar-refractivity contribution is -0.121. The molecule has 1 amide bonds. The first-order chi connectivity index (χ1) is 11.8. The van der Waals surface area contributed by atoms with Crippen LogP contribution in [0.25, 0.3) is 0 Å². The van der Waals surface area contributed by atoms with Crippen molar-refractivity contribution in [1.82, 2.24) is 10.0 Å². The number of amides is 1. The predicted octanol–water partition coefficient (Wildman–Crippen LogP) is 3.65. The second-order valence-corrected chi connectivity index (χ2v) is 8.57. The van der Waals surface area contributed by atoms with Crippen molar-refractivity contribution in [3.63, 3.8) is 0 Å². The number of halogens is 2. The average molecular weight is 446 g/mol. The summed E-state index contributed by atoms with van der Waals surface area (Å²) in [5.74, 6) is -0.235. The molecule has 8 heteroatoms. The fourth-order valence-electron chi connectivity index (χ4n) is 2.19. The highest BCUT2D eigenvalue weighted by Crippen LogP contribution is 2.18. The second-order valence-electron chi connectivity index (χ2n) is 5.45. The SMILES string of the molecule is CC(NC(=O)CCNS(=O)(=O)c1cccc(Cl)c1)c1cccc(Br)c1. The number of benzene rings is 2. The van der Waals surface area contributed by atoms with Gasteiger partial charge in [-0.3, -0.25) is 4.79 Å². The van der Waals surface area contributed by atoms with Gasteiger partial charge >= 0.3 is 0 Å². The maximum Gasteiger partial charge on any atom is 0.240 e. The number of hydrogen-bond acceptors (Lipinski definition) is 3. The van der Waals surface area contributed by atoms with E-state index in [1.54, 1.807) is 12.1 Å². The van der Waals surface area contributed by atoms with Gasteiger partial charge < -0.3 is 5.32 Å². The highest BCUT2D eigenvalue weighted by atomic mass is 79.9. The third-order valence-corrected chi connectivity index (χ3v) is 5.66. The van der Waals surface area contributed by atoms with Gasteiger partial charge in [0.2, 0.25) is 15.9 Å². The largest absolute Gasteiger partial charge is 0.350 e. The molecule has 0 fully saturated rings. The van der Waals surface area contributed by atoms with Gasteiger partial charge in [-0.1, -0.05) is 45.7 Å². The van der Waals surface area contributed by atoms with Gasteiger partial charge in [-0.25, -0.2) is 13.1 Å². The molecule has 0 aliphatic carbocycles. The van der Waals surface area contributed by atoms with Crippen LogP contribution in [0.2, 0.25) is 5.02 Å². The molecule has 134 valence electrons. The minimum atomic E-state index is -3.69. The van der Waals surface area contributed by atoms with Crippen LogP contribution in [0.5, 0.6) is 0 Å². The first kappa shape index (κ1) is 19.9. The number of hydrogen-bond donors (Lipinski definition) is 2. The molecule has 0 heterocycles. The summed E-state index contributed by atoms with van der Waals surface area (Å²) in [5.41, 5.74) is 0.960. The van der Waals surface area contributed by atoms with Crippen molar-refractivity contribution >= 4 is 43.5 Å². The molecule has 0 saturated heterocycles. The topological polar surface area (TPSA) is 75.3 Å². The van der Waals surface area contributed by atoms with Gasteiger partial charge in [0.1, 0.15) is 0 Å². The molecule has 0 bridgehead atoms. The molecule has 0 aliphatic rings. The van der Waals surface area contributed by atoms with Gasteiger partial charge in [-0.15, -0.1) is 0 Å². The van der Waals surface area contributed by atoms with E-state index in [0.717, 1.165) is 10.0 Å². The van der Waals surface area contributed by atoms with Crippen molar-refractivity contribution in [2.24, 2.45) is 0 Å². The monoisotopic (exact) mass is 444 g/mol. The molecule has 5 nitrogen and oxygen atoms in total. The summed E-state index contributed by atoms with van der Waals surface area (Å²) < 4.78 is 27.6. The van der Waals surface area contributed by atoms with Crippen molar-refractivity contribution < 1.29 is 13.2 Å². The summed E-state index contributed by atoms with van der Waals surface area (Å²) in [6, 6.07) is 13.4. The molecule has 0 radical (unpaired) electrons. The van der Waals surface area contributed by atoms with Crippen molar-refractivity contribution in [2.45, 2.75) is 24.3 Å². The maximum atomic E-state index is 12.1. The van der Waals surface area contributed by atoms with E-state index in [1.807, 2.05) is 31.2 Å². The zero-order valence-electron chi connectivity index (χ0n) is 13.5. The first-order valence-electron chi connectivity index (χ1n) is 7.58. The van der Waals surface area contributed by atoms with Crippen LogP contribution in [0.4, 0.5) is 0 Å². The molecule has 0 spiro atoms. The lowest BCUT2D eigenvalue weighted by Gasteiger charge is -2.15. The summed E-state index contributed by atoms with van der Waals surface area (Å²) >= 11 is 9.19. The average Bonchev–Trinajstić information content (AvgIpc) is 2.54. The van der Waals surface area contributed by atoms with E-state index in [9.17, 15) is 13.2 Å². The minimum Gasteiger partial charge on any atom is -0.350 e. The third kappa shape index (κ3) is 6.11. The molecule has 1 atom stereocenters. The first-order valence-corrected chi connectivity index (χ1v) is 10.2. The van der Waals surface area contributed by atoms with E-state index in [0.29, 0.717) is 5.02 Å². The van der Waals surface area contributed by atoms with E-state index < -0.39 is 10.0 Å². The molecule has 0 aromatic heterocycles. The van der Waals surface area contributed by atoms with Gasteiger partial charge in [0.15, 0.2) is 0 Å². The molecule has 2 aromatic rings. The molecule has 2 rings (SSSR count). The Balaban J connectivity index is 1.86. The molecule has 0 aliphatic heterocycles. The molecule has 25 heavy (non-hydrogen) atoms. The quantitative estimate of drug-likeness (QED) is 0.683. The second kappa shape index (κ2) is 8.80. The molecule has 2 aromatic carbocycles. The fourth-order valence-corrected chi connectivity index (χ4v) is 3.94. The van der Waals surface area contributed by atoms with E-state index in [-0.39, 0.29) is 29.8 Å². The Morgan fingerprint density at radius 3 is 2.60 bits per heavy atom. The molecular weight excluding hydrogens is 428 g/mol. The minimum absolute atomic E-state index is 0.00584. The van der Waals surface area contributed by atoms with E-state index >= 15 is 0 Å². The van der Waals surface area contributed by atoms with Crippen LogP contribution in [-0.4, -0.2) is 20.9 Å². The Hall–Kier alpha value is -1.41. The maximum absolute atomic E-state index is 12.1. The Bertz CT molecular complexity index is 858. The van der Waals surface area contributed by atoms with Crippen molar-refractivity contribution in [2.75, 3.05) is 6.54 Å². The van der Waals surface area contributed by atoms with Gasteiger partial charge in [-0.05, 0) is 42.8 Å². The smallest absolute Gasteiger partial charge is 0.240 e. The Morgan fingerprint density at radius 1 is 1.20 bits per heavy atom. The highest BCUT2D eigenvalue weighted by molar-refractivity contribution is 9.10. The van der Waals surface area contributed by atoms with Crippen LogP contribution < -0.4 is 10.0 Å². The van der Waals surface area contributed by atoms with Crippen LogP contribution in [0.1, 0.15) is 24.9 Å². The summed E-state index contributed by atoms with van der Waals surface area (Å²) in [6.45, 7) is 1.88. The van der Waals surface area contributed by atoms with Gasteiger partial charge in [0, 0.05) is 22.5 Å². The van der Waals surface area contributed by atoms with E-state index in [1.165, 1.54) is 12.1 Å². The normalized spacial score (nSPS) is 12.6. The standard InChI is InChI=1S/C17H18BrClN2O3S/c1-12(13-4-2-5-14(18)10-13)21-17(22)8-9-20-25(23,24)16-7-3-6-15(19)11-16/h2-7,10-12,20H,8-9H2,1H3,(H,21,22). The van der Waals surface area contributed by atoms with Crippen LogP contribution >= 0.6 is 27.5 Å². The number of rotatable bonds is 7. The third-order valence-electron chi connectivity index (χ3n) is 3.48. The van der Waals surface area contributed by atoms with Crippen molar-refractivity contribution in [1.29, 1.82) is 0 Å². The zero-order valence-corrected chi connectivity index (χ0v) is 16.7. The summed E-state index contributed by atoms with van der Waals surface area (Å²) in [4.78, 5) is 12.1. The predicted molar refractivity (Wildman–Crippen MR) is 102 cm³/mol. The molecule has 2 N–H and O–H groups in total. The van der Waals surface area contributed by atoms with Crippen LogP contribution in [-0.2, 0) is 14.8 Å². The zero-order chi connectivity index (χ0) is 18.4. The lowest BCUT2D eigenvalue weighted by Crippen LogP contribution is -2.32. The van der Waals surface area contributed by atoms with Crippen molar-refractivity contribution in [3.05, 3.63) is 63.6 Å². The molecular formula is C17H18BrClN2O3S. The van der Waals surface area contributed by atoms with Gasteiger partial charge in [-0.2, -0.15) is 0 Å². The van der Waals surface area contributed by atoms with E-state index in [2.05, 4.69) is 26.0 Å². The Kier molecular flexibility index (Phi) is 7.01. The summed E-state index contributed by atoms with van der Waals surface area (Å²) in [6.07, 6.45) is 0.0398.